The van der Waals surface area contributed by atoms with E-state index in [4.69, 9.17) is 5.73 Å². The molecule has 1 saturated heterocycles. The zero-order chi connectivity index (χ0) is 10.8. The van der Waals surface area contributed by atoms with Crippen LogP contribution in [0.25, 0.3) is 0 Å². The molecule has 82 valence electrons. The quantitative estimate of drug-likeness (QED) is 0.662. The van der Waals surface area contributed by atoms with Crippen molar-refractivity contribution in [2.45, 2.75) is 18.6 Å². The first-order chi connectivity index (χ1) is 7.16. The van der Waals surface area contributed by atoms with E-state index in [2.05, 4.69) is 40.0 Å². The van der Waals surface area contributed by atoms with Crippen molar-refractivity contribution in [3.8, 4) is 0 Å². The van der Waals surface area contributed by atoms with Crippen LogP contribution >= 0.6 is 0 Å². The highest BCUT2D eigenvalue weighted by Gasteiger charge is 2.21. The van der Waals surface area contributed by atoms with Crippen molar-refractivity contribution in [2.24, 2.45) is 5.73 Å². The van der Waals surface area contributed by atoms with Gasteiger partial charge in [-0.3, -0.25) is 0 Å². The molecule has 2 atom stereocenters. The number of nitrogens with one attached hydrogen (secondary N) is 2. The lowest BCUT2D eigenvalue weighted by molar-refractivity contribution is 0.552. The second kappa shape index (κ2) is 4.18. The van der Waals surface area contributed by atoms with E-state index < -0.39 is 0 Å². The molecule has 0 bridgehead atoms. The van der Waals surface area contributed by atoms with E-state index in [0.717, 1.165) is 6.42 Å². The van der Waals surface area contributed by atoms with E-state index in [1.54, 1.807) is 0 Å². The van der Waals surface area contributed by atoms with Crippen LogP contribution < -0.4 is 21.5 Å². The highest BCUT2D eigenvalue weighted by molar-refractivity contribution is 5.46. The molecule has 0 aliphatic carbocycles. The zero-order valence-electron chi connectivity index (χ0n) is 9.20. The van der Waals surface area contributed by atoms with Gasteiger partial charge in [0.1, 0.15) is 0 Å². The van der Waals surface area contributed by atoms with Crippen LogP contribution in [0, 0.1) is 0 Å². The fraction of sp³-hybridized carbons (Fsp3) is 0.455. The highest BCUT2D eigenvalue weighted by atomic mass is 15.4. The maximum Gasteiger partial charge on any atom is 0.0698 e. The summed E-state index contributed by atoms with van der Waals surface area (Å²) in [6.45, 7) is 0. The van der Waals surface area contributed by atoms with Gasteiger partial charge in [-0.1, -0.05) is 12.1 Å². The highest BCUT2D eigenvalue weighted by Crippen LogP contribution is 2.22. The molecule has 2 rings (SSSR count). The minimum absolute atomic E-state index is 0.0588. The Hall–Kier alpha value is -1.10. The molecule has 4 nitrogen and oxygen atoms in total. The molecule has 1 heterocycles. The van der Waals surface area contributed by atoms with E-state index >= 15 is 0 Å². The molecular formula is C11H18N4. The molecule has 0 saturated carbocycles. The summed E-state index contributed by atoms with van der Waals surface area (Å²) in [5, 5.41) is 0. The Bertz CT molecular complexity index is 320. The van der Waals surface area contributed by atoms with Gasteiger partial charge in [0.2, 0.25) is 0 Å². The maximum absolute atomic E-state index is 5.76. The molecule has 4 heteroatoms. The maximum atomic E-state index is 5.76. The summed E-state index contributed by atoms with van der Waals surface area (Å²) in [7, 11) is 4.08. The third-order valence-corrected chi connectivity index (χ3v) is 2.74. The monoisotopic (exact) mass is 206 g/mol. The van der Waals surface area contributed by atoms with Crippen molar-refractivity contribution in [1.29, 1.82) is 0 Å². The summed E-state index contributed by atoms with van der Waals surface area (Å²) in [4.78, 5) is 2.09. The van der Waals surface area contributed by atoms with Gasteiger partial charge in [-0.15, -0.1) is 0 Å². The van der Waals surface area contributed by atoms with E-state index in [-0.39, 0.29) is 6.17 Å². The number of hydrazine groups is 1. The molecular weight excluding hydrogens is 188 g/mol. The molecule has 0 radical (unpaired) electrons. The van der Waals surface area contributed by atoms with Gasteiger partial charge in [-0.05, 0) is 24.1 Å². The third-order valence-electron chi connectivity index (χ3n) is 2.74. The van der Waals surface area contributed by atoms with Crippen LogP contribution in [0.3, 0.4) is 0 Å². The van der Waals surface area contributed by atoms with Gasteiger partial charge in [-0.25, -0.2) is 10.9 Å². The molecule has 1 fully saturated rings. The van der Waals surface area contributed by atoms with E-state index in [0.29, 0.717) is 6.04 Å². The average Bonchev–Trinajstić information content (AvgIpc) is 2.65. The van der Waals surface area contributed by atoms with Gasteiger partial charge in [0.05, 0.1) is 6.17 Å². The molecule has 0 unspecified atom stereocenters. The number of nitrogens with two attached hydrogens (primary N) is 1. The normalized spacial score (nSPS) is 25.5. The summed E-state index contributed by atoms with van der Waals surface area (Å²) in [6.07, 6.45) is 0.991. The molecule has 1 aliphatic rings. The molecule has 1 aromatic carbocycles. The van der Waals surface area contributed by atoms with Crippen LogP contribution in [0.2, 0.25) is 0 Å². The van der Waals surface area contributed by atoms with Crippen LogP contribution in [-0.4, -0.2) is 20.3 Å². The minimum Gasteiger partial charge on any atom is -0.378 e. The van der Waals surface area contributed by atoms with E-state index in [9.17, 15) is 0 Å². The Morgan fingerprint density at radius 1 is 1.20 bits per heavy atom. The second-order valence-electron chi connectivity index (χ2n) is 4.17. The van der Waals surface area contributed by atoms with Gasteiger partial charge < -0.3 is 10.6 Å². The van der Waals surface area contributed by atoms with Crippen LogP contribution in [0.1, 0.15) is 18.0 Å². The second-order valence-corrected chi connectivity index (χ2v) is 4.17. The Kier molecular flexibility index (Phi) is 2.90. The first-order valence-electron chi connectivity index (χ1n) is 5.21. The van der Waals surface area contributed by atoms with Gasteiger partial charge in [0, 0.05) is 25.8 Å². The number of nitrogens with zero attached hydrogens (tertiary/aromatic N) is 1. The van der Waals surface area contributed by atoms with Crippen molar-refractivity contribution < 1.29 is 0 Å². The fourth-order valence-corrected chi connectivity index (χ4v) is 1.80. The van der Waals surface area contributed by atoms with Crippen LogP contribution in [0.4, 0.5) is 5.69 Å². The average molecular weight is 206 g/mol. The summed E-state index contributed by atoms with van der Waals surface area (Å²) >= 11 is 0. The summed E-state index contributed by atoms with van der Waals surface area (Å²) < 4.78 is 0. The van der Waals surface area contributed by atoms with Gasteiger partial charge in [0.25, 0.3) is 0 Å². The summed E-state index contributed by atoms with van der Waals surface area (Å²) in [5.41, 5.74) is 14.5. The van der Waals surface area contributed by atoms with Crippen molar-refractivity contribution in [3.63, 3.8) is 0 Å². The van der Waals surface area contributed by atoms with Crippen molar-refractivity contribution in [1.82, 2.24) is 10.9 Å². The topological polar surface area (TPSA) is 53.3 Å². The Morgan fingerprint density at radius 2 is 1.87 bits per heavy atom. The molecule has 0 aromatic heterocycles. The van der Waals surface area contributed by atoms with E-state index in [1.165, 1.54) is 11.3 Å². The van der Waals surface area contributed by atoms with Crippen molar-refractivity contribution in [3.05, 3.63) is 29.8 Å². The third kappa shape index (κ3) is 2.28. The number of rotatable bonds is 2. The Labute approximate surface area is 90.4 Å². The molecule has 0 spiro atoms. The van der Waals surface area contributed by atoms with E-state index in [1.807, 2.05) is 14.1 Å². The first-order valence-corrected chi connectivity index (χ1v) is 5.21. The lowest BCUT2D eigenvalue weighted by Gasteiger charge is -2.14. The first kappa shape index (κ1) is 10.4. The molecule has 15 heavy (non-hydrogen) atoms. The minimum atomic E-state index is 0.0588. The molecule has 1 aliphatic heterocycles. The lowest BCUT2D eigenvalue weighted by Crippen LogP contribution is -2.36. The smallest absolute Gasteiger partial charge is 0.0698 e. The molecule has 1 aromatic rings. The van der Waals surface area contributed by atoms with Crippen LogP contribution in [-0.2, 0) is 0 Å². The standard InChI is InChI=1S/C11H18N4/c1-15(2)9-5-3-8(4-6-9)10-7-11(12)14-13-10/h3-6,10-11,13-14H,7,12H2,1-2H3/t10-,11-/m0/s1. The van der Waals surface area contributed by atoms with Crippen LogP contribution in [0.15, 0.2) is 24.3 Å². The molecule has 0 amide bonds. The predicted molar refractivity (Wildman–Crippen MR) is 62.4 cm³/mol. The fourth-order valence-electron chi connectivity index (χ4n) is 1.80. The number of hydrogen-bond acceptors (Lipinski definition) is 4. The van der Waals surface area contributed by atoms with Crippen LogP contribution in [0.5, 0.6) is 0 Å². The van der Waals surface area contributed by atoms with Crippen molar-refractivity contribution >= 4 is 5.69 Å². The van der Waals surface area contributed by atoms with Gasteiger partial charge >= 0.3 is 0 Å². The zero-order valence-corrected chi connectivity index (χ0v) is 9.20. The van der Waals surface area contributed by atoms with Gasteiger partial charge in [-0.2, -0.15) is 0 Å². The van der Waals surface area contributed by atoms with Crippen molar-refractivity contribution in [2.75, 3.05) is 19.0 Å². The number of benzene rings is 1. The van der Waals surface area contributed by atoms with Gasteiger partial charge in [0.15, 0.2) is 0 Å². The Balaban J connectivity index is 2.10. The summed E-state index contributed by atoms with van der Waals surface area (Å²) in [5.74, 6) is 0. The SMILES string of the molecule is CN(C)c1ccc([C@@H]2C[C@@H](N)NN2)cc1. The Morgan fingerprint density at radius 3 is 2.33 bits per heavy atom. The predicted octanol–water partition coefficient (Wildman–Crippen LogP) is 0.576. The number of anilines is 1. The lowest BCUT2D eigenvalue weighted by atomic mass is 10.0. The molecule has 4 N–H and O–H groups in total. The largest absolute Gasteiger partial charge is 0.378 e. The number of hydrogen-bond donors (Lipinski definition) is 3. The summed E-state index contributed by atoms with van der Waals surface area (Å²) in [6, 6.07) is 8.87.